The first-order valence-corrected chi connectivity index (χ1v) is 8.63. The number of fused-ring (bicyclic) bond motifs is 1. The lowest BCUT2D eigenvalue weighted by Gasteiger charge is -2.29. The molecule has 0 spiro atoms. The molecular weight excluding hydrogens is 310 g/mol. The van der Waals surface area contributed by atoms with E-state index in [2.05, 4.69) is 44.5 Å². The molecule has 0 bridgehead atoms. The fourth-order valence-electron chi connectivity index (χ4n) is 3.20. The summed E-state index contributed by atoms with van der Waals surface area (Å²) in [6.07, 6.45) is 5.84. The van der Waals surface area contributed by atoms with Crippen LogP contribution >= 0.6 is 0 Å². The van der Waals surface area contributed by atoms with Crippen molar-refractivity contribution < 1.29 is 0 Å². The van der Waals surface area contributed by atoms with Crippen LogP contribution < -0.4 is 10.2 Å². The second-order valence-corrected chi connectivity index (χ2v) is 6.29. The monoisotopic (exact) mass is 331 g/mol. The zero-order chi connectivity index (χ0) is 17.1. The highest BCUT2D eigenvalue weighted by atomic mass is 15.3. The Hall–Kier alpha value is -2.95. The third kappa shape index (κ3) is 3.45. The van der Waals surface area contributed by atoms with Crippen LogP contribution in [-0.2, 0) is 13.0 Å². The van der Waals surface area contributed by atoms with E-state index in [4.69, 9.17) is 4.98 Å². The smallest absolute Gasteiger partial charge is 0.232 e. The maximum Gasteiger partial charge on any atom is 0.232 e. The van der Waals surface area contributed by atoms with Gasteiger partial charge in [-0.3, -0.25) is 4.98 Å². The van der Waals surface area contributed by atoms with Crippen molar-refractivity contribution in [2.24, 2.45) is 0 Å². The number of rotatable bonds is 4. The van der Waals surface area contributed by atoms with Gasteiger partial charge in [-0.15, -0.1) is 0 Å². The predicted octanol–water partition coefficient (Wildman–Crippen LogP) is 3.88. The van der Waals surface area contributed by atoms with Gasteiger partial charge in [0.05, 0.1) is 0 Å². The SMILES string of the molecule is Cc1cc(NCc2ccncc2)nc(N2CCCc3ccccc32)n1. The molecule has 0 saturated heterocycles. The Morgan fingerprint density at radius 3 is 2.80 bits per heavy atom. The van der Waals surface area contributed by atoms with Crippen LogP contribution in [0.25, 0.3) is 0 Å². The molecule has 1 aliphatic rings. The van der Waals surface area contributed by atoms with Gasteiger partial charge in [0.25, 0.3) is 0 Å². The first kappa shape index (κ1) is 15.6. The first-order valence-electron chi connectivity index (χ1n) is 8.63. The molecule has 1 aliphatic heterocycles. The summed E-state index contributed by atoms with van der Waals surface area (Å²) in [7, 11) is 0. The number of benzene rings is 1. The first-order chi connectivity index (χ1) is 12.3. The maximum atomic E-state index is 4.76. The molecule has 5 heteroatoms. The van der Waals surface area contributed by atoms with Crippen molar-refractivity contribution >= 4 is 17.5 Å². The predicted molar refractivity (Wildman–Crippen MR) is 100 cm³/mol. The van der Waals surface area contributed by atoms with Crippen molar-refractivity contribution in [3.05, 3.63) is 71.7 Å². The average molecular weight is 331 g/mol. The summed E-state index contributed by atoms with van der Waals surface area (Å²) in [6, 6.07) is 14.5. The number of hydrogen-bond acceptors (Lipinski definition) is 5. The van der Waals surface area contributed by atoms with Crippen LogP contribution in [0.3, 0.4) is 0 Å². The summed E-state index contributed by atoms with van der Waals surface area (Å²) < 4.78 is 0. The van der Waals surface area contributed by atoms with Gasteiger partial charge in [-0.2, -0.15) is 4.98 Å². The molecule has 0 amide bonds. The molecule has 0 fully saturated rings. The van der Waals surface area contributed by atoms with Gasteiger partial charge in [0.15, 0.2) is 0 Å². The number of nitrogens with zero attached hydrogens (tertiary/aromatic N) is 4. The van der Waals surface area contributed by atoms with Gasteiger partial charge in [-0.1, -0.05) is 18.2 Å². The van der Waals surface area contributed by atoms with Gasteiger partial charge in [-0.05, 0) is 49.1 Å². The van der Waals surface area contributed by atoms with Crippen LogP contribution in [0.15, 0.2) is 54.9 Å². The molecule has 0 unspecified atom stereocenters. The van der Waals surface area contributed by atoms with Crippen LogP contribution in [-0.4, -0.2) is 21.5 Å². The van der Waals surface area contributed by atoms with Crippen LogP contribution in [0, 0.1) is 6.92 Å². The molecule has 4 rings (SSSR count). The van der Waals surface area contributed by atoms with Crippen molar-refractivity contribution in [3.8, 4) is 0 Å². The Morgan fingerprint density at radius 2 is 1.92 bits per heavy atom. The second-order valence-electron chi connectivity index (χ2n) is 6.29. The van der Waals surface area contributed by atoms with E-state index in [1.54, 1.807) is 12.4 Å². The summed E-state index contributed by atoms with van der Waals surface area (Å²) >= 11 is 0. The molecule has 1 N–H and O–H groups in total. The molecule has 5 nitrogen and oxygen atoms in total. The van der Waals surface area contributed by atoms with Gasteiger partial charge in [0.2, 0.25) is 5.95 Å². The molecule has 126 valence electrons. The van der Waals surface area contributed by atoms with E-state index in [1.165, 1.54) is 16.8 Å². The largest absolute Gasteiger partial charge is 0.366 e. The number of aromatic nitrogens is 3. The van der Waals surface area contributed by atoms with E-state index < -0.39 is 0 Å². The van der Waals surface area contributed by atoms with Crippen molar-refractivity contribution in [2.75, 3.05) is 16.8 Å². The van der Waals surface area contributed by atoms with E-state index in [0.717, 1.165) is 43.4 Å². The summed E-state index contributed by atoms with van der Waals surface area (Å²) in [5, 5.41) is 3.40. The molecule has 0 aliphatic carbocycles. The molecule has 0 radical (unpaired) electrons. The summed E-state index contributed by atoms with van der Waals surface area (Å²) in [5.41, 5.74) is 4.73. The Bertz CT molecular complexity index is 863. The lowest BCUT2D eigenvalue weighted by molar-refractivity contribution is 0.749. The second kappa shape index (κ2) is 6.89. The lowest BCUT2D eigenvalue weighted by Crippen LogP contribution is -2.26. The minimum atomic E-state index is 0.717. The van der Waals surface area contributed by atoms with E-state index in [1.807, 2.05) is 25.1 Å². The minimum absolute atomic E-state index is 0.717. The highest BCUT2D eigenvalue weighted by Gasteiger charge is 2.20. The zero-order valence-corrected chi connectivity index (χ0v) is 14.3. The topological polar surface area (TPSA) is 53.9 Å². The van der Waals surface area contributed by atoms with Gasteiger partial charge in [0.1, 0.15) is 5.82 Å². The number of hydrogen-bond donors (Lipinski definition) is 1. The average Bonchev–Trinajstić information content (AvgIpc) is 2.66. The van der Waals surface area contributed by atoms with Crippen molar-refractivity contribution in [3.63, 3.8) is 0 Å². The number of pyridine rings is 1. The highest BCUT2D eigenvalue weighted by molar-refractivity contribution is 5.64. The Kier molecular flexibility index (Phi) is 4.29. The van der Waals surface area contributed by atoms with Gasteiger partial charge in [0, 0.05) is 42.9 Å². The van der Waals surface area contributed by atoms with Crippen molar-refractivity contribution in [1.29, 1.82) is 0 Å². The summed E-state index contributed by atoms with van der Waals surface area (Å²) in [6.45, 7) is 3.68. The molecule has 0 saturated carbocycles. The maximum absolute atomic E-state index is 4.76. The van der Waals surface area contributed by atoms with Crippen LogP contribution in [0.5, 0.6) is 0 Å². The fraction of sp³-hybridized carbons (Fsp3) is 0.250. The lowest BCUT2D eigenvalue weighted by atomic mass is 10.0. The van der Waals surface area contributed by atoms with Crippen LogP contribution in [0.2, 0.25) is 0 Å². The van der Waals surface area contributed by atoms with E-state index in [9.17, 15) is 0 Å². The number of aryl methyl sites for hydroxylation is 2. The van der Waals surface area contributed by atoms with Crippen molar-refractivity contribution in [2.45, 2.75) is 26.3 Å². The zero-order valence-electron chi connectivity index (χ0n) is 14.3. The quantitative estimate of drug-likeness (QED) is 0.786. The number of anilines is 3. The van der Waals surface area contributed by atoms with Gasteiger partial charge >= 0.3 is 0 Å². The number of para-hydroxylation sites is 1. The number of nitrogens with one attached hydrogen (secondary N) is 1. The Labute approximate surface area is 147 Å². The highest BCUT2D eigenvalue weighted by Crippen LogP contribution is 2.31. The fourth-order valence-corrected chi connectivity index (χ4v) is 3.20. The summed E-state index contributed by atoms with van der Waals surface area (Å²) in [5.74, 6) is 1.62. The van der Waals surface area contributed by atoms with E-state index in [0.29, 0.717) is 0 Å². The van der Waals surface area contributed by atoms with Crippen LogP contribution in [0.4, 0.5) is 17.5 Å². The van der Waals surface area contributed by atoms with E-state index >= 15 is 0 Å². The van der Waals surface area contributed by atoms with E-state index in [-0.39, 0.29) is 0 Å². The Morgan fingerprint density at radius 1 is 1.08 bits per heavy atom. The van der Waals surface area contributed by atoms with Gasteiger partial charge in [-0.25, -0.2) is 4.98 Å². The molecular formula is C20H21N5. The van der Waals surface area contributed by atoms with Gasteiger partial charge < -0.3 is 10.2 Å². The van der Waals surface area contributed by atoms with Crippen LogP contribution in [0.1, 0.15) is 23.2 Å². The Balaban J connectivity index is 1.60. The normalized spacial score (nSPS) is 13.4. The molecule has 1 aromatic carbocycles. The third-order valence-corrected chi connectivity index (χ3v) is 4.42. The molecule has 3 heterocycles. The molecule has 2 aromatic heterocycles. The minimum Gasteiger partial charge on any atom is -0.366 e. The van der Waals surface area contributed by atoms with Crippen molar-refractivity contribution in [1.82, 2.24) is 15.0 Å². The molecule has 3 aromatic rings. The molecule has 25 heavy (non-hydrogen) atoms. The standard InChI is InChI=1S/C20H21N5/c1-15-13-19(22-14-16-8-10-21-11-9-16)24-20(23-15)25-12-4-6-17-5-2-3-7-18(17)25/h2-3,5,7-11,13H,4,6,12,14H2,1H3,(H,22,23,24). The third-order valence-electron chi connectivity index (χ3n) is 4.42. The molecule has 0 atom stereocenters. The summed E-state index contributed by atoms with van der Waals surface area (Å²) in [4.78, 5) is 15.7.